The monoisotopic (exact) mass is 644 g/mol. The maximum atomic E-state index is 13.2. The Bertz CT molecular complexity index is 1610. The molecule has 2 N–H and O–H groups in total. The van der Waals surface area contributed by atoms with E-state index in [1.54, 1.807) is 30.5 Å². The maximum Gasteiger partial charge on any atom is 0.240 e. The van der Waals surface area contributed by atoms with Crippen molar-refractivity contribution in [3.63, 3.8) is 0 Å². The van der Waals surface area contributed by atoms with Crippen LogP contribution in [-0.4, -0.2) is 81.7 Å². The van der Waals surface area contributed by atoms with Gasteiger partial charge in [-0.3, -0.25) is 19.5 Å². The summed E-state index contributed by atoms with van der Waals surface area (Å²) in [6.07, 6.45) is 6.74. The summed E-state index contributed by atoms with van der Waals surface area (Å²) in [5.41, 5.74) is 0.580. The highest BCUT2D eigenvalue weighted by molar-refractivity contribution is 6.16. The predicted molar refractivity (Wildman–Crippen MR) is 171 cm³/mol. The summed E-state index contributed by atoms with van der Waals surface area (Å²) in [5.74, 6) is 0.989. The number of halogens is 1. The van der Waals surface area contributed by atoms with Crippen LogP contribution in [0.2, 0.25) is 0 Å². The van der Waals surface area contributed by atoms with Gasteiger partial charge in [-0.25, -0.2) is 4.39 Å². The number of hydrogen-bond donors (Lipinski definition) is 2. The molecule has 3 aliphatic heterocycles. The first-order valence-corrected chi connectivity index (χ1v) is 16.0. The molecule has 3 heterocycles. The third kappa shape index (κ3) is 6.95. The van der Waals surface area contributed by atoms with Gasteiger partial charge in [0.15, 0.2) is 11.5 Å². The van der Waals surface area contributed by atoms with E-state index in [4.69, 9.17) is 23.7 Å². The highest BCUT2D eigenvalue weighted by Gasteiger charge is 2.56. The number of amides is 2. The second kappa shape index (κ2) is 13.7. The fraction of sp³-hybridized carbons (Fsp3) is 0.400. The van der Waals surface area contributed by atoms with Gasteiger partial charge < -0.3 is 34.3 Å². The molecule has 47 heavy (non-hydrogen) atoms. The number of morpholine rings is 1. The van der Waals surface area contributed by atoms with Crippen molar-refractivity contribution in [2.45, 2.75) is 25.4 Å². The minimum absolute atomic E-state index is 0.315. The van der Waals surface area contributed by atoms with Crippen LogP contribution >= 0.6 is 0 Å². The van der Waals surface area contributed by atoms with Gasteiger partial charge in [0.25, 0.3) is 0 Å². The summed E-state index contributed by atoms with van der Waals surface area (Å²) in [5, 5.41) is 5.57. The molecule has 7 rings (SSSR count). The van der Waals surface area contributed by atoms with Crippen LogP contribution in [0.4, 0.5) is 15.8 Å². The van der Waals surface area contributed by atoms with Gasteiger partial charge in [0, 0.05) is 43.3 Å². The van der Waals surface area contributed by atoms with Crippen LogP contribution < -0.4 is 15.4 Å². The molecular weight excluding hydrogens is 607 g/mol. The van der Waals surface area contributed by atoms with Gasteiger partial charge in [0.05, 0.1) is 38.0 Å². The normalized spacial score (nSPS) is 22.9. The van der Waals surface area contributed by atoms with Crippen LogP contribution in [0.15, 0.2) is 88.6 Å². The Morgan fingerprint density at radius 3 is 2.36 bits per heavy atom. The number of hydrogen-bond acceptors (Lipinski definition) is 9. The zero-order valence-corrected chi connectivity index (χ0v) is 25.9. The minimum atomic E-state index is -1.15. The number of nitrogens with one attached hydrogen (secondary N) is 2. The molecule has 5 aliphatic rings. The quantitative estimate of drug-likeness (QED) is 0.273. The van der Waals surface area contributed by atoms with E-state index in [-0.39, 0.29) is 11.8 Å². The van der Waals surface area contributed by atoms with E-state index in [1.165, 1.54) is 24.3 Å². The van der Waals surface area contributed by atoms with E-state index in [9.17, 15) is 14.0 Å². The van der Waals surface area contributed by atoms with Crippen molar-refractivity contribution in [3.8, 4) is 5.75 Å². The Labute approximate surface area is 272 Å². The molecule has 3 fully saturated rings. The molecular formula is C35H37FN4O7. The van der Waals surface area contributed by atoms with Gasteiger partial charge in [-0.05, 0) is 73.9 Å². The number of benzene rings is 2. The molecule has 2 aromatic rings. The van der Waals surface area contributed by atoms with Crippen molar-refractivity contribution in [2.75, 3.05) is 63.3 Å². The summed E-state index contributed by atoms with van der Waals surface area (Å²) in [4.78, 5) is 33.0. The highest BCUT2D eigenvalue weighted by Crippen LogP contribution is 2.48. The minimum Gasteiger partial charge on any atom is -0.490 e. The summed E-state index contributed by atoms with van der Waals surface area (Å²) in [6.45, 7) is 5.81. The molecule has 246 valence electrons. The third-order valence-corrected chi connectivity index (χ3v) is 8.86. The van der Waals surface area contributed by atoms with Gasteiger partial charge in [0.2, 0.25) is 11.8 Å². The summed E-state index contributed by atoms with van der Waals surface area (Å²) in [6, 6.07) is 12.4. The largest absolute Gasteiger partial charge is 0.490 e. The van der Waals surface area contributed by atoms with Crippen LogP contribution in [0, 0.1) is 17.2 Å². The first-order valence-electron chi connectivity index (χ1n) is 16.0. The molecule has 11 nitrogen and oxygen atoms in total. The molecule has 0 spiro atoms. The van der Waals surface area contributed by atoms with Gasteiger partial charge in [-0.15, -0.1) is 0 Å². The lowest BCUT2D eigenvalue weighted by molar-refractivity contribution is -0.131. The average molecular weight is 645 g/mol. The van der Waals surface area contributed by atoms with Gasteiger partial charge in [-0.1, -0.05) is 0 Å². The number of carbonyl (C=O) groups is 2. The Kier molecular flexibility index (Phi) is 9.05. The second-order valence-corrected chi connectivity index (χ2v) is 12.0. The Hall–Kier alpha value is -4.52. The molecule has 2 amide bonds. The molecule has 1 saturated carbocycles. The first kappa shape index (κ1) is 31.1. The third-order valence-electron chi connectivity index (χ3n) is 8.86. The maximum absolute atomic E-state index is 13.2. The number of anilines is 2. The van der Waals surface area contributed by atoms with E-state index in [1.807, 2.05) is 12.2 Å². The predicted octanol–water partition coefficient (Wildman–Crippen LogP) is 4.41. The fourth-order valence-corrected chi connectivity index (χ4v) is 6.07. The molecule has 0 radical (unpaired) electrons. The second-order valence-electron chi connectivity index (χ2n) is 12.0. The summed E-state index contributed by atoms with van der Waals surface area (Å²) < 4.78 is 43.5. The van der Waals surface area contributed by atoms with Gasteiger partial charge >= 0.3 is 0 Å². The molecule has 2 saturated heterocycles. The Balaban J connectivity index is 0.964. The molecule has 2 atom stereocenters. The highest BCUT2D eigenvalue weighted by atomic mass is 19.1. The van der Waals surface area contributed by atoms with Crippen molar-refractivity contribution in [1.82, 2.24) is 4.90 Å². The number of rotatable bonds is 11. The van der Waals surface area contributed by atoms with E-state index >= 15 is 0 Å². The lowest BCUT2D eigenvalue weighted by atomic mass is 9.87. The van der Waals surface area contributed by atoms with E-state index < -0.39 is 23.2 Å². The summed E-state index contributed by atoms with van der Waals surface area (Å²) >= 11 is 0. The molecule has 0 aromatic heterocycles. The van der Waals surface area contributed by atoms with Crippen LogP contribution in [0.5, 0.6) is 5.75 Å². The van der Waals surface area contributed by atoms with E-state index in [0.717, 1.165) is 45.0 Å². The SMILES string of the molecule is O=C(Nc1ccc(F)cc1)C1(C(=O)Nc2ccc(OC3=CC=NC4=CC(OCCCN5CCOCC5)=C5OCCOC5C43)cc2)CC1. The smallest absolute Gasteiger partial charge is 0.240 e. The number of fused-ring (bicyclic) bond motifs is 3. The topological polar surface area (TPSA) is 120 Å². The Morgan fingerprint density at radius 1 is 0.957 bits per heavy atom. The van der Waals surface area contributed by atoms with Crippen molar-refractivity contribution < 1.29 is 37.7 Å². The van der Waals surface area contributed by atoms with E-state index in [2.05, 4.69) is 20.5 Å². The Morgan fingerprint density at radius 2 is 1.66 bits per heavy atom. The number of allylic oxidation sites excluding steroid dienone is 2. The molecule has 2 aliphatic carbocycles. The molecule has 2 unspecified atom stereocenters. The van der Waals surface area contributed by atoms with Crippen LogP contribution in [0.25, 0.3) is 0 Å². The lowest BCUT2D eigenvalue weighted by Gasteiger charge is -2.38. The van der Waals surface area contributed by atoms with Crippen molar-refractivity contribution in [3.05, 3.63) is 89.5 Å². The number of dihydropyridines is 1. The lowest BCUT2D eigenvalue weighted by Crippen LogP contribution is -2.40. The zero-order valence-electron chi connectivity index (χ0n) is 25.9. The van der Waals surface area contributed by atoms with Crippen molar-refractivity contribution >= 4 is 29.4 Å². The zero-order chi connectivity index (χ0) is 32.2. The molecule has 0 bridgehead atoms. The number of carbonyl (C=O) groups excluding carboxylic acids is 2. The van der Waals surface area contributed by atoms with Crippen molar-refractivity contribution in [2.24, 2.45) is 16.3 Å². The average Bonchev–Trinajstić information content (AvgIpc) is 3.92. The van der Waals surface area contributed by atoms with Crippen LogP contribution in [-0.2, 0) is 28.5 Å². The fourth-order valence-electron chi connectivity index (χ4n) is 6.07. The number of ether oxygens (including phenoxy) is 5. The molecule has 2 aromatic carbocycles. The van der Waals surface area contributed by atoms with Gasteiger partial charge in [0.1, 0.15) is 35.5 Å². The first-order chi connectivity index (χ1) is 23.0. The summed E-state index contributed by atoms with van der Waals surface area (Å²) in [7, 11) is 0. The van der Waals surface area contributed by atoms with Crippen molar-refractivity contribution in [1.29, 1.82) is 0 Å². The molecule has 12 heteroatoms. The number of aliphatic imine (C=N–C) groups is 1. The number of nitrogens with zero attached hydrogens (tertiary/aromatic N) is 2. The van der Waals surface area contributed by atoms with E-state index in [0.29, 0.717) is 67.1 Å². The standard InChI is InChI=1S/C35H37FN4O7/c36-23-2-4-24(5-3-23)38-33(41)35(11-12-35)34(42)39-25-6-8-26(9-7-25)47-28-10-13-37-27-22-29(31-32(30(27)28)46-21-20-45-31)44-17-1-14-40-15-18-43-19-16-40/h2-10,13,22,30,32H,1,11-12,14-21H2,(H,38,41)(H,39,42). The van der Waals surface area contributed by atoms with Crippen LogP contribution in [0.3, 0.4) is 0 Å². The van der Waals surface area contributed by atoms with Crippen LogP contribution in [0.1, 0.15) is 19.3 Å². The van der Waals surface area contributed by atoms with Gasteiger partial charge in [-0.2, -0.15) is 0 Å².